The minimum atomic E-state index is -0.546. The van der Waals surface area contributed by atoms with Crippen LogP contribution in [0.1, 0.15) is 26.3 Å². The van der Waals surface area contributed by atoms with Crippen molar-refractivity contribution < 1.29 is 19.1 Å². The number of ether oxygens (including phenoxy) is 2. The maximum Gasteiger partial charge on any atom is 0.343 e. The molecule has 0 aliphatic heterocycles. The number of benzene rings is 3. The average molecular weight is 389 g/mol. The summed E-state index contributed by atoms with van der Waals surface area (Å²) in [4.78, 5) is 25.4. The van der Waals surface area contributed by atoms with E-state index in [0.29, 0.717) is 28.2 Å². The van der Waals surface area contributed by atoms with E-state index in [-0.39, 0.29) is 0 Å². The normalized spacial score (nSPS) is 10.0. The van der Waals surface area contributed by atoms with E-state index in [1.807, 2.05) is 24.5 Å². The zero-order valence-corrected chi connectivity index (χ0v) is 15.7. The molecule has 5 nitrogen and oxygen atoms in total. The highest BCUT2D eigenvalue weighted by Crippen LogP contribution is 2.19. The zero-order chi connectivity index (χ0) is 19.9. The van der Waals surface area contributed by atoms with E-state index in [1.165, 1.54) is 24.3 Å². The van der Waals surface area contributed by atoms with E-state index >= 15 is 0 Å². The van der Waals surface area contributed by atoms with Gasteiger partial charge in [0.15, 0.2) is 0 Å². The van der Waals surface area contributed by atoms with E-state index in [4.69, 9.17) is 14.7 Å². The molecule has 0 bridgehead atoms. The molecule has 3 rings (SSSR count). The van der Waals surface area contributed by atoms with Crippen molar-refractivity contribution in [1.29, 1.82) is 5.26 Å². The van der Waals surface area contributed by atoms with Gasteiger partial charge in [-0.3, -0.25) is 0 Å². The number of carbonyl (C=O) groups excluding carboxylic acids is 2. The number of nitriles is 1. The molecule has 0 saturated carbocycles. The number of esters is 2. The molecule has 0 aromatic heterocycles. The quantitative estimate of drug-likeness (QED) is 0.357. The van der Waals surface area contributed by atoms with Gasteiger partial charge in [-0.1, -0.05) is 0 Å². The molecule has 0 aliphatic rings. The molecule has 0 amide bonds. The smallest absolute Gasteiger partial charge is 0.343 e. The first-order chi connectivity index (χ1) is 13.6. The van der Waals surface area contributed by atoms with Gasteiger partial charge in [0.2, 0.25) is 0 Å². The van der Waals surface area contributed by atoms with Crippen molar-refractivity contribution in [2.75, 3.05) is 6.26 Å². The first-order valence-electron chi connectivity index (χ1n) is 8.27. The second kappa shape index (κ2) is 8.89. The summed E-state index contributed by atoms with van der Waals surface area (Å²) in [6.45, 7) is 0. The molecule has 0 saturated heterocycles. The molecular formula is C22H15NO4S. The standard InChI is InChI=1S/C22H15NO4S/c1-28-20-12-6-17(7-13-20)22(25)27-19-10-4-16(5-11-19)21(24)26-18-8-2-15(14-23)3-9-18/h2-13H,1H3. The minimum absolute atomic E-state index is 0.313. The van der Waals surface area contributed by atoms with Gasteiger partial charge in [-0.2, -0.15) is 5.26 Å². The fourth-order valence-electron chi connectivity index (χ4n) is 2.32. The lowest BCUT2D eigenvalue weighted by molar-refractivity contribution is 0.0730. The minimum Gasteiger partial charge on any atom is -0.423 e. The van der Waals surface area contributed by atoms with Crippen LogP contribution >= 0.6 is 11.8 Å². The van der Waals surface area contributed by atoms with Gasteiger partial charge in [0.1, 0.15) is 11.5 Å². The third-order valence-electron chi connectivity index (χ3n) is 3.82. The van der Waals surface area contributed by atoms with Crippen molar-refractivity contribution in [3.8, 4) is 17.6 Å². The van der Waals surface area contributed by atoms with Gasteiger partial charge in [-0.25, -0.2) is 9.59 Å². The highest BCUT2D eigenvalue weighted by atomic mass is 32.2. The Labute approximate surface area is 166 Å². The Balaban J connectivity index is 1.62. The summed E-state index contributed by atoms with van der Waals surface area (Å²) in [6.07, 6.45) is 1.96. The second-order valence-electron chi connectivity index (χ2n) is 5.67. The van der Waals surface area contributed by atoms with Crippen LogP contribution in [0.15, 0.2) is 77.7 Å². The Bertz CT molecular complexity index is 1020. The Morgan fingerprint density at radius 2 is 1.18 bits per heavy atom. The number of hydrogen-bond donors (Lipinski definition) is 0. The van der Waals surface area contributed by atoms with Gasteiger partial charge < -0.3 is 9.47 Å². The lowest BCUT2D eigenvalue weighted by atomic mass is 10.2. The molecule has 0 atom stereocenters. The lowest BCUT2D eigenvalue weighted by Crippen LogP contribution is -2.10. The van der Waals surface area contributed by atoms with Crippen LogP contribution < -0.4 is 9.47 Å². The van der Waals surface area contributed by atoms with Crippen LogP contribution in [-0.2, 0) is 0 Å². The van der Waals surface area contributed by atoms with Crippen LogP contribution in [0.2, 0.25) is 0 Å². The van der Waals surface area contributed by atoms with E-state index in [0.717, 1.165) is 4.90 Å². The Morgan fingerprint density at radius 3 is 1.61 bits per heavy atom. The molecule has 0 N–H and O–H groups in total. The first kappa shape index (κ1) is 19.2. The van der Waals surface area contributed by atoms with Crippen molar-refractivity contribution >= 4 is 23.7 Å². The summed E-state index contributed by atoms with van der Waals surface area (Å²) in [7, 11) is 0. The summed E-state index contributed by atoms with van der Waals surface area (Å²) in [5.41, 5.74) is 1.24. The van der Waals surface area contributed by atoms with Gasteiger partial charge >= 0.3 is 11.9 Å². The SMILES string of the molecule is CSc1ccc(C(=O)Oc2ccc(C(=O)Oc3ccc(C#N)cc3)cc2)cc1. The fraction of sp³-hybridized carbons (Fsp3) is 0.0455. The number of rotatable bonds is 5. The molecule has 0 aliphatic carbocycles. The fourth-order valence-corrected chi connectivity index (χ4v) is 2.72. The van der Waals surface area contributed by atoms with Crippen LogP contribution in [0.3, 0.4) is 0 Å². The lowest BCUT2D eigenvalue weighted by Gasteiger charge is -2.07. The van der Waals surface area contributed by atoms with Crippen molar-refractivity contribution in [3.63, 3.8) is 0 Å². The van der Waals surface area contributed by atoms with Crippen LogP contribution in [0.5, 0.6) is 11.5 Å². The van der Waals surface area contributed by atoms with Crippen LogP contribution in [0.4, 0.5) is 0 Å². The maximum absolute atomic E-state index is 12.2. The molecule has 0 radical (unpaired) electrons. The zero-order valence-electron chi connectivity index (χ0n) is 14.9. The van der Waals surface area contributed by atoms with E-state index < -0.39 is 11.9 Å². The van der Waals surface area contributed by atoms with Crippen LogP contribution in [0, 0.1) is 11.3 Å². The predicted octanol–water partition coefficient (Wildman–Crippen LogP) is 4.72. The third kappa shape index (κ3) is 4.78. The summed E-state index contributed by atoms with van der Waals surface area (Å²) in [6, 6.07) is 21.4. The molecule has 0 spiro atoms. The molecule has 3 aromatic rings. The topological polar surface area (TPSA) is 76.4 Å². The number of carbonyl (C=O) groups is 2. The van der Waals surface area contributed by atoms with Crippen molar-refractivity contribution in [1.82, 2.24) is 0 Å². The van der Waals surface area contributed by atoms with Crippen molar-refractivity contribution in [3.05, 3.63) is 89.5 Å². The number of nitrogens with zero attached hydrogens (tertiary/aromatic N) is 1. The summed E-state index contributed by atoms with van der Waals surface area (Å²) in [5.74, 6) is -0.349. The van der Waals surface area contributed by atoms with Gasteiger partial charge in [0.05, 0.1) is 22.8 Å². The molecule has 0 unspecified atom stereocenters. The van der Waals surface area contributed by atoms with Gasteiger partial charge in [0, 0.05) is 4.90 Å². The molecule has 28 heavy (non-hydrogen) atoms. The summed E-state index contributed by atoms with van der Waals surface area (Å²) < 4.78 is 10.6. The Morgan fingerprint density at radius 1 is 0.750 bits per heavy atom. The summed E-state index contributed by atoms with van der Waals surface area (Å²) in [5, 5.41) is 8.78. The highest BCUT2D eigenvalue weighted by Gasteiger charge is 2.12. The van der Waals surface area contributed by atoms with Crippen molar-refractivity contribution in [2.45, 2.75) is 4.90 Å². The first-order valence-corrected chi connectivity index (χ1v) is 9.50. The van der Waals surface area contributed by atoms with E-state index in [9.17, 15) is 9.59 Å². The van der Waals surface area contributed by atoms with E-state index in [2.05, 4.69) is 0 Å². The van der Waals surface area contributed by atoms with Gasteiger partial charge in [-0.15, -0.1) is 11.8 Å². The van der Waals surface area contributed by atoms with Gasteiger partial charge in [-0.05, 0) is 79.1 Å². The molecule has 3 aromatic carbocycles. The highest BCUT2D eigenvalue weighted by molar-refractivity contribution is 7.98. The molecule has 0 heterocycles. The Kier molecular flexibility index (Phi) is 6.10. The van der Waals surface area contributed by atoms with Gasteiger partial charge in [0.25, 0.3) is 0 Å². The molecule has 0 fully saturated rings. The second-order valence-corrected chi connectivity index (χ2v) is 6.55. The molecular weight excluding hydrogens is 374 g/mol. The average Bonchev–Trinajstić information content (AvgIpc) is 2.74. The number of hydrogen-bond acceptors (Lipinski definition) is 6. The van der Waals surface area contributed by atoms with E-state index in [1.54, 1.807) is 48.2 Å². The summed E-state index contributed by atoms with van der Waals surface area (Å²) >= 11 is 1.59. The van der Waals surface area contributed by atoms with Crippen molar-refractivity contribution in [2.24, 2.45) is 0 Å². The third-order valence-corrected chi connectivity index (χ3v) is 4.56. The Hall–Kier alpha value is -3.56. The predicted molar refractivity (Wildman–Crippen MR) is 106 cm³/mol. The maximum atomic E-state index is 12.2. The van der Waals surface area contributed by atoms with Crippen LogP contribution in [0.25, 0.3) is 0 Å². The molecule has 6 heteroatoms. The number of thioether (sulfide) groups is 1. The van der Waals surface area contributed by atoms with Crippen LogP contribution in [-0.4, -0.2) is 18.2 Å². The monoisotopic (exact) mass is 389 g/mol. The molecule has 138 valence electrons. The largest absolute Gasteiger partial charge is 0.423 e.